The molecule has 0 spiro atoms. The van der Waals surface area contributed by atoms with E-state index in [4.69, 9.17) is 4.74 Å². The summed E-state index contributed by atoms with van der Waals surface area (Å²) in [7, 11) is -0.774. The van der Waals surface area contributed by atoms with Gasteiger partial charge in [0.05, 0.1) is 16.0 Å². The first-order chi connectivity index (χ1) is 15.6. The Morgan fingerprint density at radius 2 is 1.73 bits per heavy atom. The molecular formula is C24H27N3O5S. The normalized spacial score (nSPS) is 11.7. The fourth-order valence-electron chi connectivity index (χ4n) is 3.21. The van der Waals surface area contributed by atoms with Crippen LogP contribution in [0.15, 0.2) is 59.5 Å². The van der Waals surface area contributed by atoms with E-state index in [0.29, 0.717) is 22.0 Å². The van der Waals surface area contributed by atoms with Crippen LogP contribution >= 0.6 is 0 Å². The first-order valence-electron chi connectivity index (χ1n) is 10.4. The number of carbonyl (C=O) groups is 2. The summed E-state index contributed by atoms with van der Waals surface area (Å²) in [6, 6.07) is 15.4. The molecule has 0 radical (unpaired) electrons. The standard InChI is InChI=1S/C24H27N3O5S/c1-16(2)21-13-19(18-10-6-7-11-20(18)26-21)24(29)32-15-23(28)25-14-17-9-5-8-12-22(17)33(30,31)27(3)4/h5-13,16H,14-15H2,1-4H3,(H,25,28). The second-order valence-electron chi connectivity index (χ2n) is 8.01. The molecule has 3 aromatic rings. The Bertz CT molecular complexity index is 1290. The highest BCUT2D eigenvalue weighted by molar-refractivity contribution is 7.89. The van der Waals surface area contributed by atoms with Gasteiger partial charge in [0.1, 0.15) is 0 Å². The Hall–Kier alpha value is -3.30. The Morgan fingerprint density at radius 3 is 2.42 bits per heavy atom. The molecule has 0 fully saturated rings. The lowest BCUT2D eigenvalue weighted by atomic mass is 10.0. The van der Waals surface area contributed by atoms with Crippen LogP contribution < -0.4 is 5.32 Å². The van der Waals surface area contributed by atoms with Gasteiger partial charge in [-0.15, -0.1) is 0 Å². The van der Waals surface area contributed by atoms with E-state index in [2.05, 4.69) is 10.3 Å². The SMILES string of the molecule is CC(C)c1cc(C(=O)OCC(=O)NCc2ccccc2S(=O)(=O)N(C)C)c2ccccc2n1. The first kappa shape index (κ1) is 24.3. The lowest BCUT2D eigenvalue weighted by Gasteiger charge is -2.15. The minimum absolute atomic E-state index is 0.0185. The zero-order valence-electron chi connectivity index (χ0n) is 19.0. The molecule has 3 rings (SSSR count). The predicted octanol–water partition coefficient (Wildman–Crippen LogP) is 3.08. The maximum absolute atomic E-state index is 12.8. The second-order valence-corrected chi connectivity index (χ2v) is 10.1. The lowest BCUT2D eigenvalue weighted by Crippen LogP contribution is -2.30. The summed E-state index contributed by atoms with van der Waals surface area (Å²) in [5.41, 5.74) is 2.22. The van der Waals surface area contributed by atoms with Gasteiger partial charge >= 0.3 is 5.97 Å². The molecule has 1 heterocycles. The van der Waals surface area contributed by atoms with E-state index < -0.39 is 28.5 Å². The predicted molar refractivity (Wildman–Crippen MR) is 125 cm³/mol. The number of nitrogens with one attached hydrogen (secondary N) is 1. The Balaban J connectivity index is 1.69. The van der Waals surface area contributed by atoms with E-state index in [1.165, 1.54) is 20.2 Å². The third kappa shape index (κ3) is 5.55. The van der Waals surface area contributed by atoms with E-state index in [1.54, 1.807) is 30.3 Å². The number of fused-ring (bicyclic) bond motifs is 1. The van der Waals surface area contributed by atoms with Crippen LogP contribution in [0.5, 0.6) is 0 Å². The van der Waals surface area contributed by atoms with E-state index >= 15 is 0 Å². The van der Waals surface area contributed by atoms with E-state index in [-0.39, 0.29) is 17.4 Å². The molecule has 0 aliphatic rings. The third-order valence-corrected chi connectivity index (χ3v) is 7.00. The van der Waals surface area contributed by atoms with Gasteiger partial charge in [0.25, 0.3) is 5.91 Å². The first-order valence-corrected chi connectivity index (χ1v) is 11.9. The minimum atomic E-state index is -3.66. The summed E-state index contributed by atoms with van der Waals surface area (Å²) in [6.45, 7) is 3.45. The summed E-state index contributed by atoms with van der Waals surface area (Å²) in [5.74, 6) is -1.05. The number of nitrogens with zero attached hydrogens (tertiary/aromatic N) is 2. The van der Waals surface area contributed by atoms with Crippen molar-refractivity contribution in [2.75, 3.05) is 20.7 Å². The summed E-state index contributed by atoms with van der Waals surface area (Å²) in [4.78, 5) is 29.8. The second kappa shape index (κ2) is 10.1. The highest BCUT2D eigenvalue weighted by atomic mass is 32.2. The maximum atomic E-state index is 12.8. The Kier molecular flexibility index (Phi) is 7.45. The van der Waals surface area contributed by atoms with Gasteiger partial charge in [-0.3, -0.25) is 9.78 Å². The number of ether oxygens (including phenoxy) is 1. The van der Waals surface area contributed by atoms with Crippen molar-refractivity contribution < 1.29 is 22.7 Å². The average Bonchev–Trinajstić information content (AvgIpc) is 2.80. The molecule has 0 saturated carbocycles. The molecule has 9 heteroatoms. The van der Waals surface area contributed by atoms with Crippen LogP contribution in [-0.2, 0) is 26.1 Å². The van der Waals surface area contributed by atoms with Crippen LogP contribution in [0.25, 0.3) is 10.9 Å². The summed E-state index contributed by atoms with van der Waals surface area (Å²) < 4.78 is 31.3. The van der Waals surface area contributed by atoms with Crippen LogP contribution in [0.2, 0.25) is 0 Å². The highest BCUT2D eigenvalue weighted by Gasteiger charge is 2.21. The van der Waals surface area contributed by atoms with Crippen LogP contribution in [-0.4, -0.2) is 50.3 Å². The lowest BCUT2D eigenvalue weighted by molar-refractivity contribution is -0.124. The quantitative estimate of drug-likeness (QED) is 0.508. The Labute approximate surface area is 193 Å². The van der Waals surface area contributed by atoms with Crippen LogP contribution in [0.3, 0.4) is 0 Å². The van der Waals surface area contributed by atoms with Crippen molar-refractivity contribution in [3.63, 3.8) is 0 Å². The number of amides is 1. The van der Waals surface area contributed by atoms with Gasteiger partial charge in [0.15, 0.2) is 6.61 Å². The number of hydrogen-bond acceptors (Lipinski definition) is 6. The fraction of sp³-hybridized carbons (Fsp3) is 0.292. The van der Waals surface area contributed by atoms with Crippen molar-refractivity contribution >= 4 is 32.8 Å². The molecule has 174 valence electrons. The smallest absolute Gasteiger partial charge is 0.339 e. The van der Waals surface area contributed by atoms with E-state index in [1.807, 2.05) is 32.0 Å². The molecule has 2 aromatic carbocycles. The number of rotatable bonds is 8. The Morgan fingerprint density at radius 1 is 1.06 bits per heavy atom. The van der Waals surface area contributed by atoms with Crippen molar-refractivity contribution in [1.29, 1.82) is 0 Å². The molecule has 1 amide bonds. The molecule has 1 N–H and O–H groups in total. The van der Waals surface area contributed by atoms with Crippen molar-refractivity contribution in [2.45, 2.75) is 31.2 Å². The maximum Gasteiger partial charge on any atom is 0.339 e. The minimum Gasteiger partial charge on any atom is -0.452 e. The number of pyridine rings is 1. The van der Waals surface area contributed by atoms with Crippen molar-refractivity contribution in [1.82, 2.24) is 14.6 Å². The third-order valence-electron chi connectivity index (χ3n) is 5.09. The molecule has 1 aromatic heterocycles. The average molecular weight is 470 g/mol. The number of para-hydroxylation sites is 1. The zero-order valence-corrected chi connectivity index (χ0v) is 19.8. The monoisotopic (exact) mass is 469 g/mol. The van der Waals surface area contributed by atoms with Gasteiger partial charge < -0.3 is 10.1 Å². The molecular weight excluding hydrogens is 442 g/mol. The van der Waals surface area contributed by atoms with Crippen molar-refractivity contribution in [2.24, 2.45) is 0 Å². The van der Waals surface area contributed by atoms with Crippen LogP contribution in [0, 0.1) is 0 Å². The van der Waals surface area contributed by atoms with E-state index in [0.717, 1.165) is 10.00 Å². The fourth-order valence-corrected chi connectivity index (χ4v) is 4.33. The largest absolute Gasteiger partial charge is 0.452 e. The topological polar surface area (TPSA) is 106 Å². The molecule has 0 aliphatic carbocycles. The van der Waals surface area contributed by atoms with Crippen LogP contribution in [0.4, 0.5) is 0 Å². The highest BCUT2D eigenvalue weighted by Crippen LogP contribution is 2.23. The van der Waals surface area contributed by atoms with Gasteiger partial charge in [0.2, 0.25) is 10.0 Å². The van der Waals surface area contributed by atoms with E-state index in [9.17, 15) is 18.0 Å². The number of aromatic nitrogens is 1. The summed E-state index contributed by atoms with van der Waals surface area (Å²) >= 11 is 0. The van der Waals surface area contributed by atoms with Gasteiger partial charge in [-0.1, -0.05) is 50.2 Å². The zero-order chi connectivity index (χ0) is 24.2. The van der Waals surface area contributed by atoms with Gasteiger partial charge in [0, 0.05) is 31.7 Å². The molecule has 0 aliphatic heterocycles. The van der Waals surface area contributed by atoms with Crippen molar-refractivity contribution in [3.8, 4) is 0 Å². The number of sulfonamides is 1. The summed E-state index contributed by atoms with van der Waals surface area (Å²) in [6.07, 6.45) is 0. The molecule has 33 heavy (non-hydrogen) atoms. The molecule has 0 atom stereocenters. The van der Waals surface area contributed by atoms with Gasteiger partial charge in [-0.2, -0.15) is 0 Å². The molecule has 8 nitrogen and oxygen atoms in total. The number of benzene rings is 2. The number of carbonyl (C=O) groups excluding carboxylic acids is 2. The summed E-state index contributed by atoms with van der Waals surface area (Å²) in [5, 5.41) is 3.26. The van der Waals surface area contributed by atoms with Gasteiger partial charge in [-0.25, -0.2) is 17.5 Å². The van der Waals surface area contributed by atoms with Crippen LogP contribution in [0.1, 0.15) is 41.4 Å². The number of hydrogen-bond donors (Lipinski definition) is 1. The van der Waals surface area contributed by atoms with Crippen molar-refractivity contribution in [3.05, 3.63) is 71.4 Å². The molecule has 0 saturated heterocycles. The van der Waals surface area contributed by atoms with Gasteiger partial charge in [-0.05, 0) is 29.7 Å². The number of esters is 1. The molecule has 0 bridgehead atoms. The molecule has 0 unspecified atom stereocenters.